The molecule has 0 aromatic carbocycles. The zero-order valence-corrected chi connectivity index (χ0v) is 13.3. The van der Waals surface area contributed by atoms with Gasteiger partial charge in [-0.1, -0.05) is 31.9 Å². The fourth-order valence-corrected chi connectivity index (χ4v) is 2.07. The van der Waals surface area contributed by atoms with Crippen molar-refractivity contribution in [3.8, 4) is 0 Å². The van der Waals surface area contributed by atoms with Crippen molar-refractivity contribution < 1.29 is 19.7 Å². The van der Waals surface area contributed by atoms with Crippen LogP contribution in [0.4, 0.5) is 0 Å². The molecule has 4 nitrogen and oxygen atoms in total. The molecule has 0 aromatic rings. The van der Waals surface area contributed by atoms with Gasteiger partial charge in [0.25, 0.3) is 0 Å². The summed E-state index contributed by atoms with van der Waals surface area (Å²) in [7, 11) is 0. The molecule has 120 valence electrons. The van der Waals surface area contributed by atoms with E-state index in [0.29, 0.717) is 19.6 Å². The maximum absolute atomic E-state index is 10.3. The van der Waals surface area contributed by atoms with E-state index in [0.717, 1.165) is 32.3 Å². The molecule has 2 N–H and O–H groups in total. The molecule has 4 heteroatoms. The summed E-state index contributed by atoms with van der Waals surface area (Å²) in [5.74, 6) is 0. The second-order valence-electron chi connectivity index (χ2n) is 5.23. The number of hydrogen-bond acceptors (Lipinski definition) is 4. The Labute approximate surface area is 123 Å². The summed E-state index contributed by atoms with van der Waals surface area (Å²) in [5.41, 5.74) is -0.663. The Morgan fingerprint density at radius 3 is 2.50 bits per heavy atom. The fourth-order valence-electron chi connectivity index (χ4n) is 2.07. The van der Waals surface area contributed by atoms with E-state index in [1.54, 1.807) is 0 Å². The summed E-state index contributed by atoms with van der Waals surface area (Å²) in [4.78, 5) is 0. The van der Waals surface area contributed by atoms with Crippen molar-refractivity contribution in [2.45, 2.75) is 64.6 Å². The van der Waals surface area contributed by atoms with Crippen molar-refractivity contribution in [2.24, 2.45) is 0 Å². The smallest absolute Gasteiger partial charge is 0.109 e. The first-order valence-electron chi connectivity index (χ1n) is 7.75. The Morgan fingerprint density at radius 1 is 1.15 bits per heavy atom. The molecule has 0 amide bonds. The Kier molecular flexibility index (Phi) is 12.1. The summed E-state index contributed by atoms with van der Waals surface area (Å²) in [6, 6.07) is 0. The third kappa shape index (κ3) is 8.69. The number of aliphatic hydroxyl groups is 2. The van der Waals surface area contributed by atoms with Crippen molar-refractivity contribution in [2.75, 3.05) is 26.4 Å². The maximum atomic E-state index is 10.3. The van der Waals surface area contributed by atoms with Crippen molar-refractivity contribution in [3.63, 3.8) is 0 Å². The van der Waals surface area contributed by atoms with Gasteiger partial charge < -0.3 is 19.7 Å². The molecule has 0 aliphatic carbocycles. The van der Waals surface area contributed by atoms with Crippen molar-refractivity contribution >= 4 is 0 Å². The molecule has 20 heavy (non-hydrogen) atoms. The van der Waals surface area contributed by atoms with Gasteiger partial charge in [0, 0.05) is 13.2 Å². The quantitative estimate of drug-likeness (QED) is 0.404. The number of ether oxygens (including phenoxy) is 2. The molecule has 0 saturated carbocycles. The summed E-state index contributed by atoms with van der Waals surface area (Å²) in [5, 5.41) is 19.1. The molecule has 0 radical (unpaired) electrons. The lowest BCUT2D eigenvalue weighted by atomic mass is 9.93. The highest BCUT2D eigenvalue weighted by molar-refractivity contribution is 5.02. The van der Waals surface area contributed by atoms with Crippen molar-refractivity contribution in [1.29, 1.82) is 0 Å². The van der Waals surface area contributed by atoms with Crippen LogP contribution in [0, 0.1) is 0 Å². The molecule has 0 aromatic heterocycles. The van der Waals surface area contributed by atoms with Gasteiger partial charge in [-0.25, -0.2) is 0 Å². The van der Waals surface area contributed by atoms with E-state index in [-0.39, 0.29) is 6.61 Å². The molecule has 0 bridgehead atoms. The number of rotatable bonds is 13. The van der Waals surface area contributed by atoms with E-state index < -0.39 is 11.7 Å². The second-order valence-corrected chi connectivity index (χ2v) is 5.23. The summed E-state index contributed by atoms with van der Waals surface area (Å²) in [6.45, 7) is 7.89. The van der Waals surface area contributed by atoms with Crippen LogP contribution in [0.25, 0.3) is 0 Å². The molecular formula is C16H32O4. The fraction of sp³-hybridized carbons (Fsp3) is 0.875. The SMILES string of the molecule is CC=CC(C)(OCCOCCC)C(O)CCCCCO. The van der Waals surface area contributed by atoms with Gasteiger partial charge in [-0.15, -0.1) is 0 Å². The van der Waals surface area contributed by atoms with Gasteiger partial charge in [0.2, 0.25) is 0 Å². The lowest BCUT2D eigenvalue weighted by Crippen LogP contribution is -2.41. The number of aliphatic hydroxyl groups excluding tert-OH is 2. The highest BCUT2D eigenvalue weighted by Gasteiger charge is 2.30. The first-order chi connectivity index (χ1) is 9.60. The van der Waals surface area contributed by atoms with Crippen LogP contribution in [-0.4, -0.2) is 48.3 Å². The number of allylic oxidation sites excluding steroid dienone is 1. The van der Waals surface area contributed by atoms with E-state index >= 15 is 0 Å². The Balaban J connectivity index is 4.13. The van der Waals surface area contributed by atoms with Gasteiger partial charge in [-0.2, -0.15) is 0 Å². The Morgan fingerprint density at radius 2 is 1.90 bits per heavy atom. The molecule has 0 spiro atoms. The van der Waals surface area contributed by atoms with Crippen molar-refractivity contribution in [3.05, 3.63) is 12.2 Å². The van der Waals surface area contributed by atoms with Crippen LogP contribution < -0.4 is 0 Å². The molecule has 2 atom stereocenters. The molecule has 0 aliphatic rings. The minimum atomic E-state index is -0.663. The third-order valence-corrected chi connectivity index (χ3v) is 3.28. The standard InChI is InChI=1S/C16H32O4/c1-4-10-16(3,20-14-13-19-12-5-2)15(18)9-7-6-8-11-17/h4,10,15,17-18H,5-9,11-14H2,1-3H3. The summed E-state index contributed by atoms with van der Waals surface area (Å²) < 4.78 is 11.2. The number of unbranched alkanes of at least 4 members (excludes halogenated alkanes) is 2. The third-order valence-electron chi connectivity index (χ3n) is 3.28. The average Bonchev–Trinajstić information content (AvgIpc) is 2.43. The van der Waals surface area contributed by atoms with Gasteiger partial charge in [-0.3, -0.25) is 0 Å². The minimum absolute atomic E-state index is 0.216. The van der Waals surface area contributed by atoms with Crippen LogP contribution in [-0.2, 0) is 9.47 Å². The van der Waals surface area contributed by atoms with Gasteiger partial charge in [0.15, 0.2) is 0 Å². The summed E-state index contributed by atoms with van der Waals surface area (Å²) >= 11 is 0. The summed E-state index contributed by atoms with van der Waals surface area (Å²) in [6.07, 6.45) is 7.56. The molecule has 0 heterocycles. The highest BCUT2D eigenvalue weighted by Crippen LogP contribution is 2.22. The van der Waals surface area contributed by atoms with Gasteiger partial charge in [0.1, 0.15) is 5.60 Å². The van der Waals surface area contributed by atoms with Gasteiger partial charge in [-0.05, 0) is 33.1 Å². The van der Waals surface area contributed by atoms with E-state index in [1.165, 1.54) is 0 Å². The zero-order valence-electron chi connectivity index (χ0n) is 13.3. The largest absolute Gasteiger partial charge is 0.396 e. The first-order valence-corrected chi connectivity index (χ1v) is 7.75. The first kappa shape index (κ1) is 19.6. The minimum Gasteiger partial charge on any atom is -0.396 e. The lowest BCUT2D eigenvalue weighted by Gasteiger charge is -2.32. The van der Waals surface area contributed by atoms with Crippen LogP contribution in [0.1, 0.15) is 52.9 Å². The molecule has 0 rings (SSSR count). The monoisotopic (exact) mass is 288 g/mol. The molecule has 0 saturated heterocycles. The molecule has 2 unspecified atom stereocenters. The van der Waals surface area contributed by atoms with Gasteiger partial charge in [0.05, 0.1) is 19.3 Å². The topological polar surface area (TPSA) is 58.9 Å². The highest BCUT2D eigenvalue weighted by atomic mass is 16.5. The van der Waals surface area contributed by atoms with Crippen LogP contribution in [0.3, 0.4) is 0 Å². The van der Waals surface area contributed by atoms with E-state index in [4.69, 9.17) is 14.6 Å². The Hall–Kier alpha value is -0.420. The van der Waals surface area contributed by atoms with Crippen LogP contribution in [0.2, 0.25) is 0 Å². The average molecular weight is 288 g/mol. The predicted octanol–water partition coefficient (Wildman–Crippen LogP) is 2.68. The second kappa shape index (κ2) is 12.3. The normalized spacial score (nSPS) is 16.4. The molecule has 0 aliphatic heterocycles. The predicted molar refractivity (Wildman–Crippen MR) is 81.8 cm³/mol. The molecule has 0 fully saturated rings. The van der Waals surface area contributed by atoms with E-state index in [2.05, 4.69) is 6.92 Å². The van der Waals surface area contributed by atoms with Gasteiger partial charge >= 0.3 is 0 Å². The van der Waals surface area contributed by atoms with E-state index in [9.17, 15) is 5.11 Å². The van der Waals surface area contributed by atoms with E-state index in [1.807, 2.05) is 26.0 Å². The van der Waals surface area contributed by atoms with Crippen LogP contribution in [0.15, 0.2) is 12.2 Å². The van der Waals surface area contributed by atoms with Crippen LogP contribution in [0.5, 0.6) is 0 Å². The van der Waals surface area contributed by atoms with Crippen molar-refractivity contribution in [1.82, 2.24) is 0 Å². The Bertz CT molecular complexity index is 243. The lowest BCUT2D eigenvalue weighted by molar-refractivity contribution is -0.0971. The zero-order chi connectivity index (χ0) is 15.3. The maximum Gasteiger partial charge on any atom is 0.109 e. The van der Waals surface area contributed by atoms with Crippen LogP contribution >= 0.6 is 0 Å². The molecular weight excluding hydrogens is 256 g/mol. The number of hydrogen-bond donors (Lipinski definition) is 2.